The number of nitrogen functional groups attached to an aromatic ring is 1. The van der Waals surface area contributed by atoms with E-state index in [9.17, 15) is 4.79 Å². The lowest BCUT2D eigenvalue weighted by Crippen LogP contribution is -2.27. The Balaban J connectivity index is 2.30. The molecule has 19 heavy (non-hydrogen) atoms. The van der Waals surface area contributed by atoms with Gasteiger partial charge in [0.05, 0.1) is 11.9 Å². The van der Waals surface area contributed by atoms with Crippen LogP contribution in [0.4, 0.5) is 11.5 Å². The number of carbonyl (C=O) groups excluding carboxylic acids is 1. The van der Waals surface area contributed by atoms with Gasteiger partial charge in [0.15, 0.2) is 0 Å². The minimum atomic E-state index is -0.0743. The molecule has 0 aliphatic heterocycles. The topological polar surface area (TPSA) is 59.2 Å². The van der Waals surface area contributed by atoms with Crippen molar-refractivity contribution in [2.45, 2.75) is 13.8 Å². The number of anilines is 2. The Hall–Kier alpha value is -2.36. The van der Waals surface area contributed by atoms with Gasteiger partial charge in [0.1, 0.15) is 5.82 Å². The highest BCUT2D eigenvalue weighted by molar-refractivity contribution is 6.06. The molecule has 4 nitrogen and oxygen atoms in total. The van der Waals surface area contributed by atoms with Gasteiger partial charge in [0.2, 0.25) is 0 Å². The van der Waals surface area contributed by atoms with Crippen LogP contribution in [0.2, 0.25) is 0 Å². The van der Waals surface area contributed by atoms with Crippen molar-refractivity contribution in [2.24, 2.45) is 0 Å². The maximum absolute atomic E-state index is 12.4. The molecule has 0 atom stereocenters. The smallest absolute Gasteiger partial charge is 0.259 e. The van der Waals surface area contributed by atoms with Crippen LogP contribution < -0.4 is 10.6 Å². The van der Waals surface area contributed by atoms with Gasteiger partial charge in [0, 0.05) is 12.6 Å². The number of carbonyl (C=O) groups is 1. The number of amides is 1. The zero-order chi connectivity index (χ0) is 14.0. The van der Waals surface area contributed by atoms with Crippen molar-refractivity contribution in [1.82, 2.24) is 4.98 Å². The Morgan fingerprint density at radius 1 is 1.21 bits per heavy atom. The van der Waals surface area contributed by atoms with Crippen molar-refractivity contribution in [3.8, 4) is 0 Å². The van der Waals surface area contributed by atoms with Gasteiger partial charge in [-0.1, -0.05) is 17.7 Å². The first-order valence-corrected chi connectivity index (χ1v) is 6.06. The number of benzene rings is 1. The first kappa shape index (κ1) is 13.1. The molecule has 0 spiro atoms. The molecule has 0 bridgehead atoms. The fourth-order valence-corrected chi connectivity index (χ4v) is 1.93. The van der Waals surface area contributed by atoms with Gasteiger partial charge in [-0.05, 0) is 37.6 Å². The summed E-state index contributed by atoms with van der Waals surface area (Å²) in [6, 6.07) is 9.24. The molecule has 2 rings (SSSR count). The van der Waals surface area contributed by atoms with Gasteiger partial charge >= 0.3 is 0 Å². The summed E-state index contributed by atoms with van der Waals surface area (Å²) in [5.74, 6) is 0.508. The second-order valence-electron chi connectivity index (χ2n) is 4.63. The van der Waals surface area contributed by atoms with Crippen LogP contribution >= 0.6 is 0 Å². The Labute approximate surface area is 112 Å². The SMILES string of the molecule is Cc1ccc(C(=O)N(C)c2ccc(N)cn2)c(C)c1. The second-order valence-corrected chi connectivity index (χ2v) is 4.63. The molecule has 98 valence electrons. The first-order chi connectivity index (χ1) is 8.99. The normalized spacial score (nSPS) is 10.3. The highest BCUT2D eigenvalue weighted by atomic mass is 16.2. The minimum Gasteiger partial charge on any atom is -0.397 e. The number of aromatic nitrogens is 1. The van der Waals surface area contributed by atoms with Crippen LogP contribution in [0.3, 0.4) is 0 Å². The number of nitrogens with zero attached hydrogens (tertiary/aromatic N) is 2. The quantitative estimate of drug-likeness (QED) is 0.897. The number of hydrogen-bond donors (Lipinski definition) is 1. The predicted octanol–water partition coefficient (Wildman–Crippen LogP) is 2.56. The van der Waals surface area contributed by atoms with Crippen LogP contribution in [-0.4, -0.2) is 17.9 Å². The molecule has 0 unspecified atom stereocenters. The molecule has 0 radical (unpaired) electrons. The summed E-state index contributed by atoms with van der Waals surface area (Å²) in [7, 11) is 1.71. The summed E-state index contributed by atoms with van der Waals surface area (Å²) in [6.07, 6.45) is 1.54. The van der Waals surface area contributed by atoms with Crippen LogP contribution in [0.5, 0.6) is 0 Å². The van der Waals surface area contributed by atoms with E-state index in [1.807, 2.05) is 32.0 Å². The lowest BCUT2D eigenvalue weighted by molar-refractivity contribution is 0.0991. The van der Waals surface area contributed by atoms with E-state index in [1.165, 1.54) is 4.90 Å². The molecule has 0 aliphatic rings. The third kappa shape index (κ3) is 2.73. The summed E-state index contributed by atoms with van der Waals surface area (Å²) < 4.78 is 0. The van der Waals surface area contributed by atoms with Gasteiger partial charge in [-0.2, -0.15) is 0 Å². The van der Waals surface area contributed by atoms with Gasteiger partial charge in [0.25, 0.3) is 5.91 Å². The third-order valence-electron chi connectivity index (χ3n) is 3.03. The highest BCUT2D eigenvalue weighted by Crippen LogP contribution is 2.17. The van der Waals surface area contributed by atoms with Crippen LogP contribution in [0, 0.1) is 13.8 Å². The highest BCUT2D eigenvalue weighted by Gasteiger charge is 2.16. The molecule has 0 aliphatic carbocycles. The number of hydrogen-bond acceptors (Lipinski definition) is 3. The molecule has 2 N–H and O–H groups in total. The van der Waals surface area contributed by atoms with E-state index >= 15 is 0 Å². The van der Waals surface area contributed by atoms with Gasteiger partial charge < -0.3 is 5.73 Å². The first-order valence-electron chi connectivity index (χ1n) is 6.06. The lowest BCUT2D eigenvalue weighted by atomic mass is 10.0. The van der Waals surface area contributed by atoms with Crippen LogP contribution in [0.25, 0.3) is 0 Å². The molecule has 4 heteroatoms. The van der Waals surface area contributed by atoms with E-state index in [-0.39, 0.29) is 5.91 Å². The van der Waals surface area contributed by atoms with Crippen molar-refractivity contribution in [2.75, 3.05) is 17.7 Å². The largest absolute Gasteiger partial charge is 0.397 e. The number of aryl methyl sites for hydroxylation is 2. The second kappa shape index (κ2) is 5.10. The molecule has 1 heterocycles. The third-order valence-corrected chi connectivity index (χ3v) is 3.03. The van der Waals surface area contributed by atoms with E-state index in [0.717, 1.165) is 11.1 Å². The molecule has 1 amide bonds. The molecular formula is C15H17N3O. The molecule has 1 aromatic carbocycles. The molecule has 0 saturated carbocycles. The zero-order valence-corrected chi connectivity index (χ0v) is 11.3. The number of rotatable bonds is 2. The maximum Gasteiger partial charge on any atom is 0.259 e. The van der Waals surface area contributed by atoms with E-state index < -0.39 is 0 Å². The predicted molar refractivity (Wildman–Crippen MR) is 77.3 cm³/mol. The zero-order valence-electron chi connectivity index (χ0n) is 11.3. The van der Waals surface area contributed by atoms with Crippen molar-refractivity contribution < 1.29 is 4.79 Å². The monoisotopic (exact) mass is 255 g/mol. The van der Waals surface area contributed by atoms with Crippen molar-refractivity contribution >= 4 is 17.4 Å². The van der Waals surface area contributed by atoms with E-state index in [2.05, 4.69) is 4.98 Å². The van der Waals surface area contributed by atoms with Crippen molar-refractivity contribution in [1.29, 1.82) is 0 Å². The average molecular weight is 255 g/mol. The summed E-state index contributed by atoms with van der Waals surface area (Å²) in [4.78, 5) is 18.1. The van der Waals surface area contributed by atoms with Crippen LogP contribution in [0.15, 0.2) is 36.5 Å². The Morgan fingerprint density at radius 3 is 2.53 bits per heavy atom. The fourth-order valence-electron chi connectivity index (χ4n) is 1.93. The summed E-state index contributed by atoms with van der Waals surface area (Å²) in [5, 5.41) is 0. The van der Waals surface area contributed by atoms with E-state index in [4.69, 9.17) is 5.73 Å². The van der Waals surface area contributed by atoms with Crippen molar-refractivity contribution in [3.05, 3.63) is 53.2 Å². The molecule has 1 aromatic heterocycles. The van der Waals surface area contributed by atoms with Crippen LogP contribution in [0.1, 0.15) is 21.5 Å². The van der Waals surface area contributed by atoms with Gasteiger partial charge in [-0.15, -0.1) is 0 Å². The van der Waals surface area contributed by atoms with Gasteiger partial charge in [-0.25, -0.2) is 4.98 Å². The minimum absolute atomic E-state index is 0.0743. The van der Waals surface area contributed by atoms with E-state index in [1.54, 1.807) is 25.4 Å². The summed E-state index contributed by atoms with van der Waals surface area (Å²) in [6.45, 7) is 3.94. The van der Waals surface area contributed by atoms with Crippen LogP contribution in [-0.2, 0) is 0 Å². The number of nitrogens with two attached hydrogens (primary N) is 1. The average Bonchev–Trinajstić information content (AvgIpc) is 2.38. The Morgan fingerprint density at radius 2 is 1.95 bits per heavy atom. The lowest BCUT2D eigenvalue weighted by Gasteiger charge is -2.17. The van der Waals surface area contributed by atoms with Crippen molar-refractivity contribution in [3.63, 3.8) is 0 Å². The van der Waals surface area contributed by atoms with Gasteiger partial charge in [-0.3, -0.25) is 9.69 Å². The van der Waals surface area contributed by atoms with E-state index in [0.29, 0.717) is 17.1 Å². The molecule has 0 saturated heterocycles. The maximum atomic E-state index is 12.4. The molecule has 2 aromatic rings. The Kier molecular flexibility index (Phi) is 3.51. The Bertz CT molecular complexity index is 605. The summed E-state index contributed by atoms with van der Waals surface area (Å²) in [5.41, 5.74) is 8.96. The molecule has 0 fully saturated rings. The molecular weight excluding hydrogens is 238 g/mol. The fraction of sp³-hybridized carbons (Fsp3) is 0.200. The summed E-state index contributed by atoms with van der Waals surface area (Å²) >= 11 is 0. The standard InChI is InChI=1S/C15H17N3O/c1-10-4-6-13(11(2)8-10)15(19)18(3)14-7-5-12(16)9-17-14/h4-9H,16H2,1-3H3. The number of pyridine rings is 1.